The van der Waals surface area contributed by atoms with Crippen LogP contribution in [0.2, 0.25) is 5.02 Å². The SMILES string of the molecule is Cl.NCC(=O)Nc1ccc([N+](=O)[O-])cc1/C(=N/O)c1ccccc1Cl. The Bertz CT molecular complexity index is 827. The number of nitro groups is 1. The predicted molar refractivity (Wildman–Crippen MR) is 96.9 cm³/mol. The molecule has 0 bridgehead atoms. The maximum atomic E-state index is 11.6. The van der Waals surface area contributed by atoms with E-state index in [1.807, 2.05) is 0 Å². The van der Waals surface area contributed by atoms with Gasteiger partial charge in [0.15, 0.2) is 0 Å². The van der Waals surface area contributed by atoms with Crippen LogP contribution in [0.25, 0.3) is 0 Å². The van der Waals surface area contributed by atoms with Crippen LogP contribution < -0.4 is 11.1 Å². The van der Waals surface area contributed by atoms with E-state index in [-0.39, 0.29) is 46.6 Å². The van der Waals surface area contributed by atoms with Crippen LogP contribution in [0.1, 0.15) is 11.1 Å². The van der Waals surface area contributed by atoms with Gasteiger partial charge < -0.3 is 16.3 Å². The number of halogens is 2. The van der Waals surface area contributed by atoms with Crippen LogP contribution in [-0.4, -0.2) is 28.3 Å². The molecule has 0 unspecified atom stereocenters. The summed E-state index contributed by atoms with van der Waals surface area (Å²) < 4.78 is 0. The standard InChI is InChI=1S/C15H13ClN4O4.ClH/c16-12-4-2-1-3-10(12)15(19-22)11-7-9(20(23)24)5-6-13(11)18-14(21)8-17;/h1-7,22H,8,17H2,(H,18,21);1H/b19-15+;. The second-order valence-electron chi connectivity index (χ2n) is 4.67. The Morgan fingerprint density at radius 2 is 1.96 bits per heavy atom. The van der Waals surface area contributed by atoms with E-state index in [4.69, 9.17) is 17.3 Å². The van der Waals surface area contributed by atoms with Gasteiger partial charge in [-0.05, 0) is 12.1 Å². The lowest BCUT2D eigenvalue weighted by Gasteiger charge is -2.13. The van der Waals surface area contributed by atoms with Crippen LogP contribution in [0, 0.1) is 10.1 Å². The number of oxime groups is 1. The largest absolute Gasteiger partial charge is 0.410 e. The summed E-state index contributed by atoms with van der Waals surface area (Å²) in [5.41, 5.74) is 5.73. The number of amides is 1. The third kappa shape index (κ3) is 4.66. The summed E-state index contributed by atoms with van der Waals surface area (Å²) in [5, 5.41) is 26.5. The van der Waals surface area contributed by atoms with Crippen molar-refractivity contribution in [2.45, 2.75) is 0 Å². The van der Waals surface area contributed by atoms with Gasteiger partial charge in [-0.15, -0.1) is 12.4 Å². The fraction of sp³-hybridized carbons (Fsp3) is 0.0667. The average Bonchev–Trinajstić information content (AvgIpc) is 2.58. The highest BCUT2D eigenvalue weighted by molar-refractivity contribution is 6.35. The molecule has 0 fully saturated rings. The molecular formula is C15H14Cl2N4O4. The number of carbonyl (C=O) groups is 1. The molecule has 0 atom stereocenters. The molecule has 0 aromatic heterocycles. The highest BCUT2D eigenvalue weighted by Gasteiger charge is 2.20. The van der Waals surface area contributed by atoms with Crippen molar-refractivity contribution in [1.29, 1.82) is 0 Å². The first-order chi connectivity index (χ1) is 11.5. The van der Waals surface area contributed by atoms with Gasteiger partial charge in [-0.1, -0.05) is 35.0 Å². The van der Waals surface area contributed by atoms with Gasteiger partial charge in [0, 0.05) is 23.3 Å². The van der Waals surface area contributed by atoms with Gasteiger partial charge in [0.05, 0.1) is 22.2 Å². The summed E-state index contributed by atoms with van der Waals surface area (Å²) in [5.74, 6) is -0.499. The number of hydrogen-bond donors (Lipinski definition) is 3. The lowest BCUT2D eigenvalue weighted by atomic mass is 10.00. The van der Waals surface area contributed by atoms with Crippen molar-refractivity contribution in [3.05, 3.63) is 68.7 Å². The van der Waals surface area contributed by atoms with Gasteiger partial charge in [-0.25, -0.2) is 0 Å². The van der Waals surface area contributed by atoms with E-state index >= 15 is 0 Å². The molecule has 2 aromatic rings. The molecule has 2 rings (SSSR count). The zero-order chi connectivity index (χ0) is 17.7. The Morgan fingerprint density at radius 1 is 1.28 bits per heavy atom. The molecule has 25 heavy (non-hydrogen) atoms. The number of carbonyl (C=O) groups excluding carboxylic acids is 1. The molecule has 1 amide bonds. The molecule has 0 radical (unpaired) electrons. The van der Waals surface area contributed by atoms with Crippen LogP contribution in [-0.2, 0) is 4.79 Å². The Kier molecular flexibility index (Phi) is 7.31. The summed E-state index contributed by atoms with van der Waals surface area (Å²) in [7, 11) is 0. The minimum Gasteiger partial charge on any atom is -0.410 e. The van der Waals surface area contributed by atoms with Crippen LogP contribution >= 0.6 is 24.0 Å². The fourth-order valence-corrected chi connectivity index (χ4v) is 2.28. The Labute approximate surface area is 153 Å². The maximum absolute atomic E-state index is 11.6. The number of benzene rings is 2. The Morgan fingerprint density at radius 3 is 2.52 bits per heavy atom. The molecule has 4 N–H and O–H groups in total. The van der Waals surface area contributed by atoms with E-state index in [1.54, 1.807) is 24.3 Å². The van der Waals surface area contributed by atoms with E-state index in [2.05, 4.69) is 10.5 Å². The molecule has 8 nitrogen and oxygen atoms in total. The van der Waals surface area contributed by atoms with Crippen molar-refractivity contribution in [2.24, 2.45) is 10.9 Å². The van der Waals surface area contributed by atoms with E-state index < -0.39 is 10.8 Å². The molecule has 0 heterocycles. The van der Waals surface area contributed by atoms with E-state index in [9.17, 15) is 20.1 Å². The molecular weight excluding hydrogens is 371 g/mol. The topological polar surface area (TPSA) is 131 Å². The number of rotatable bonds is 5. The lowest BCUT2D eigenvalue weighted by molar-refractivity contribution is -0.384. The van der Waals surface area contributed by atoms with Gasteiger partial charge in [-0.2, -0.15) is 0 Å². The van der Waals surface area contributed by atoms with E-state index in [0.717, 1.165) is 0 Å². The van der Waals surface area contributed by atoms with Crippen molar-refractivity contribution in [2.75, 3.05) is 11.9 Å². The number of nitro benzene ring substituents is 1. The average molecular weight is 385 g/mol. The number of anilines is 1. The van der Waals surface area contributed by atoms with Crippen LogP contribution in [0.4, 0.5) is 11.4 Å². The first-order valence-electron chi connectivity index (χ1n) is 6.73. The quantitative estimate of drug-likeness (QED) is 0.315. The Hall–Kier alpha value is -2.68. The van der Waals surface area contributed by atoms with Crippen molar-refractivity contribution in [1.82, 2.24) is 0 Å². The number of nitrogens with one attached hydrogen (secondary N) is 1. The van der Waals surface area contributed by atoms with Gasteiger partial charge >= 0.3 is 0 Å². The first-order valence-corrected chi connectivity index (χ1v) is 7.11. The Balaban J connectivity index is 0.00000312. The summed E-state index contributed by atoms with van der Waals surface area (Å²) in [6.07, 6.45) is 0. The second-order valence-corrected chi connectivity index (χ2v) is 5.07. The zero-order valence-electron chi connectivity index (χ0n) is 12.7. The zero-order valence-corrected chi connectivity index (χ0v) is 14.3. The van der Waals surface area contributed by atoms with Crippen molar-refractivity contribution in [3.8, 4) is 0 Å². The predicted octanol–water partition coefficient (Wildman–Crippen LogP) is 2.79. The smallest absolute Gasteiger partial charge is 0.270 e. The molecule has 0 aliphatic carbocycles. The first kappa shape index (κ1) is 20.4. The van der Waals surface area contributed by atoms with Crippen molar-refractivity contribution < 1.29 is 14.9 Å². The van der Waals surface area contributed by atoms with E-state index in [0.29, 0.717) is 5.56 Å². The number of hydrogen-bond acceptors (Lipinski definition) is 6. The molecule has 0 aliphatic rings. The number of non-ortho nitro benzene ring substituents is 1. The molecule has 2 aromatic carbocycles. The molecule has 0 aliphatic heterocycles. The molecule has 10 heteroatoms. The van der Waals surface area contributed by atoms with Crippen molar-refractivity contribution >= 4 is 47.0 Å². The van der Waals surface area contributed by atoms with Gasteiger partial charge in [-0.3, -0.25) is 14.9 Å². The molecule has 0 spiro atoms. The normalized spacial score (nSPS) is 10.7. The third-order valence-electron chi connectivity index (χ3n) is 3.16. The van der Waals surface area contributed by atoms with Crippen molar-refractivity contribution in [3.63, 3.8) is 0 Å². The van der Waals surface area contributed by atoms with Gasteiger partial charge in [0.2, 0.25) is 5.91 Å². The molecule has 132 valence electrons. The highest BCUT2D eigenvalue weighted by Crippen LogP contribution is 2.28. The summed E-state index contributed by atoms with van der Waals surface area (Å²) in [6, 6.07) is 10.3. The van der Waals surface area contributed by atoms with Gasteiger partial charge in [0.25, 0.3) is 5.69 Å². The van der Waals surface area contributed by atoms with Crippen LogP contribution in [0.15, 0.2) is 47.6 Å². The third-order valence-corrected chi connectivity index (χ3v) is 3.49. The summed E-state index contributed by atoms with van der Waals surface area (Å²) >= 11 is 6.10. The highest BCUT2D eigenvalue weighted by atomic mass is 35.5. The fourth-order valence-electron chi connectivity index (χ4n) is 2.06. The molecule has 0 saturated heterocycles. The van der Waals surface area contributed by atoms with Crippen LogP contribution in [0.5, 0.6) is 0 Å². The summed E-state index contributed by atoms with van der Waals surface area (Å²) in [4.78, 5) is 22.0. The van der Waals surface area contributed by atoms with Crippen LogP contribution in [0.3, 0.4) is 0 Å². The van der Waals surface area contributed by atoms with Gasteiger partial charge in [0.1, 0.15) is 5.71 Å². The maximum Gasteiger partial charge on any atom is 0.270 e. The second kappa shape index (κ2) is 8.97. The minimum absolute atomic E-state index is 0. The number of nitrogens with zero attached hydrogens (tertiary/aromatic N) is 2. The monoisotopic (exact) mass is 384 g/mol. The lowest BCUT2D eigenvalue weighted by Crippen LogP contribution is -2.23. The number of nitrogens with two attached hydrogens (primary N) is 1. The van der Waals surface area contributed by atoms with E-state index in [1.165, 1.54) is 18.2 Å². The minimum atomic E-state index is -0.598. The molecule has 0 saturated carbocycles. The summed E-state index contributed by atoms with van der Waals surface area (Å²) in [6.45, 7) is -0.270.